The van der Waals surface area contributed by atoms with Crippen LogP contribution in [0.25, 0.3) is 0 Å². The van der Waals surface area contributed by atoms with Gasteiger partial charge in [0.15, 0.2) is 0 Å². The van der Waals surface area contributed by atoms with Crippen LogP contribution in [0.2, 0.25) is 0 Å². The topological polar surface area (TPSA) is 114 Å². The monoisotopic (exact) mass is 378 g/mol. The van der Waals surface area contributed by atoms with Crippen LogP contribution in [-0.2, 0) is 20.9 Å². The van der Waals surface area contributed by atoms with E-state index in [0.717, 1.165) is 25.7 Å². The molecule has 1 aliphatic carbocycles. The summed E-state index contributed by atoms with van der Waals surface area (Å²) in [6, 6.07) is 0.238. The maximum atomic E-state index is 12.6. The molecule has 2 fully saturated rings. The van der Waals surface area contributed by atoms with Gasteiger partial charge in [-0.2, -0.15) is 5.10 Å². The molecule has 1 aliphatic heterocycles. The van der Waals surface area contributed by atoms with Gasteiger partial charge in [0, 0.05) is 25.3 Å². The lowest BCUT2D eigenvalue weighted by atomic mass is 9.95. The Bertz CT molecular complexity index is 683. The first-order chi connectivity index (χ1) is 13.0. The van der Waals surface area contributed by atoms with Crippen molar-refractivity contribution in [2.45, 2.75) is 57.2 Å². The molecule has 9 heteroatoms. The summed E-state index contributed by atoms with van der Waals surface area (Å²) < 4.78 is 6.85. The third-order valence-electron chi connectivity index (χ3n) is 4.98. The molecule has 2 heterocycles. The van der Waals surface area contributed by atoms with Gasteiger partial charge in [0.25, 0.3) is 5.91 Å². The zero-order chi connectivity index (χ0) is 19.2. The molecule has 9 nitrogen and oxygen atoms in total. The number of carbonyl (C=O) groups is 3. The Hall–Kier alpha value is -2.42. The zero-order valence-electron chi connectivity index (χ0n) is 15.3. The van der Waals surface area contributed by atoms with Crippen molar-refractivity contribution in [2.24, 2.45) is 0 Å². The molecule has 27 heavy (non-hydrogen) atoms. The Morgan fingerprint density at radius 1 is 1.26 bits per heavy atom. The Morgan fingerprint density at radius 2 is 2.04 bits per heavy atom. The molecule has 2 amide bonds. The van der Waals surface area contributed by atoms with Gasteiger partial charge in [-0.1, -0.05) is 19.3 Å². The van der Waals surface area contributed by atoms with Gasteiger partial charge < -0.3 is 20.1 Å². The summed E-state index contributed by atoms with van der Waals surface area (Å²) in [6.07, 6.45) is 7.92. The van der Waals surface area contributed by atoms with Crippen LogP contribution >= 0.6 is 0 Å². The molecule has 1 unspecified atom stereocenters. The number of amides is 2. The quantitative estimate of drug-likeness (QED) is 0.751. The number of ether oxygens (including phenoxy) is 1. The van der Waals surface area contributed by atoms with E-state index < -0.39 is 12.1 Å². The van der Waals surface area contributed by atoms with Crippen molar-refractivity contribution in [3.8, 4) is 0 Å². The molecule has 0 spiro atoms. The highest BCUT2D eigenvalue weighted by Gasteiger charge is 2.27. The van der Waals surface area contributed by atoms with Crippen LogP contribution in [0.15, 0.2) is 12.4 Å². The van der Waals surface area contributed by atoms with E-state index >= 15 is 0 Å². The van der Waals surface area contributed by atoms with Crippen molar-refractivity contribution in [1.29, 1.82) is 0 Å². The average Bonchev–Trinajstić information content (AvgIpc) is 3.10. The van der Waals surface area contributed by atoms with Crippen molar-refractivity contribution < 1.29 is 24.2 Å². The fraction of sp³-hybridized carbons (Fsp3) is 0.667. The minimum absolute atomic E-state index is 0.0779. The van der Waals surface area contributed by atoms with E-state index in [9.17, 15) is 14.4 Å². The third-order valence-corrected chi connectivity index (χ3v) is 4.98. The van der Waals surface area contributed by atoms with E-state index in [1.54, 1.807) is 11.1 Å². The molecule has 1 saturated heterocycles. The summed E-state index contributed by atoms with van der Waals surface area (Å²) in [5, 5.41) is 16.0. The largest absolute Gasteiger partial charge is 0.481 e. The van der Waals surface area contributed by atoms with Gasteiger partial charge in [-0.3, -0.25) is 19.1 Å². The highest BCUT2D eigenvalue weighted by atomic mass is 16.5. The second-order valence-corrected chi connectivity index (χ2v) is 7.17. The highest BCUT2D eigenvalue weighted by Crippen LogP contribution is 2.17. The van der Waals surface area contributed by atoms with Crippen LogP contribution in [0.3, 0.4) is 0 Å². The molecule has 2 aliphatic rings. The molecular formula is C18H26N4O5. The van der Waals surface area contributed by atoms with Crippen molar-refractivity contribution in [3.05, 3.63) is 18.0 Å². The molecule has 2 N–H and O–H groups in total. The molecule has 0 aromatic carbocycles. The first kappa shape index (κ1) is 19.3. The first-order valence-corrected chi connectivity index (χ1v) is 9.46. The smallest absolute Gasteiger partial charge is 0.306 e. The number of aliphatic carboxylic acids is 1. The first-order valence-electron chi connectivity index (χ1n) is 9.46. The van der Waals surface area contributed by atoms with E-state index in [-0.39, 0.29) is 37.4 Å². The van der Waals surface area contributed by atoms with E-state index in [4.69, 9.17) is 9.84 Å². The molecule has 148 valence electrons. The molecular weight excluding hydrogens is 352 g/mol. The lowest BCUT2D eigenvalue weighted by molar-refractivity contribution is -0.141. The number of carboxylic acids is 1. The van der Waals surface area contributed by atoms with Gasteiger partial charge >= 0.3 is 5.97 Å². The predicted molar refractivity (Wildman–Crippen MR) is 95.1 cm³/mol. The number of nitrogens with zero attached hydrogens (tertiary/aromatic N) is 3. The molecule has 1 aromatic heterocycles. The van der Waals surface area contributed by atoms with Crippen LogP contribution in [-0.4, -0.2) is 69.4 Å². The Labute approximate surface area is 157 Å². The molecule has 0 radical (unpaired) electrons. The zero-order valence-corrected chi connectivity index (χ0v) is 15.3. The van der Waals surface area contributed by atoms with Crippen molar-refractivity contribution in [1.82, 2.24) is 20.0 Å². The molecule has 3 rings (SSSR count). The predicted octanol–water partition coefficient (Wildman–Crippen LogP) is 0.648. The normalized spacial score (nSPS) is 21.0. The summed E-state index contributed by atoms with van der Waals surface area (Å²) in [7, 11) is 0. The fourth-order valence-electron chi connectivity index (χ4n) is 3.63. The minimum Gasteiger partial charge on any atom is -0.481 e. The van der Waals surface area contributed by atoms with Gasteiger partial charge in [0.05, 0.1) is 30.9 Å². The molecule has 1 aromatic rings. The number of hydrogen-bond donors (Lipinski definition) is 2. The van der Waals surface area contributed by atoms with Gasteiger partial charge in [-0.15, -0.1) is 0 Å². The maximum Gasteiger partial charge on any atom is 0.306 e. The summed E-state index contributed by atoms with van der Waals surface area (Å²) in [4.78, 5) is 37.2. The molecule has 1 saturated carbocycles. The Balaban J connectivity index is 1.52. The van der Waals surface area contributed by atoms with Gasteiger partial charge in [-0.05, 0) is 12.8 Å². The number of nitrogens with one attached hydrogen (secondary N) is 1. The fourth-order valence-corrected chi connectivity index (χ4v) is 3.63. The SMILES string of the molecule is O=C(O)CC1CN(C(=O)c2cnn(CC(=O)NC3CCCCC3)c2)CCO1. The van der Waals surface area contributed by atoms with E-state index in [2.05, 4.69) is 10.4 Å². The summed E-state index contributed by atoms with van der Waals surface area (Å²) >= 11 is 0. The summed E-state index contributed by atoms with van der Waals surface area (Å²) in [5.41, 5.74) is 0.386. The minimum atomic E-state index is -0.953. The Morgan fingerprint density at radius 3 is 2.78 bits per heavy atom. The van der Waals surface area contributed by atoms with E-state index in [0.29, 0.717) is 18.7 Å². The second-order valence-electron chi connectivity index (χ2n) is 7.17. The summed E-state index contributed by atoms with van der Waals surface area (Å²) in [5.74, 6) is -1.28. The van der Waals surface area contributed by atoms with Crippen LogP contribution in [0.1, 0.15) is 48.9 Å². The van der Waals surface area contributed by atoms with E-state index in [1.165, 1.54) is 17.3 Å². The standard InChI is InChI=1S/C18H26N4O5/c23-16(20-14-4-2-1-3-5-14)12-22-10-13(9-19-22)18(26)21-6-7-27-15(11-21)8-17(24)25/h9-10,14-15H,1-8,11-12H2,(H,20,23)(H,24,25). The highest BCUT2D eigenvalue weighted by molar-refractivity contribution is 5.94. The number of morpholine rings is 1. The van der Waals surface area contributed by atoms with Gasteiger partial charge in [-0.25, -0.2) is 0 Å². The van der Waals surface area contributed by atoms with Crippen LogP contribution in [0.4, 0.5) is 0 Å². The van der Waals surface area contributed by atoms with Gasteiger partial charge in [0.2, 0.25) is 5.91 Å². The van der Waals surface area contributed by atoms with Crippen LogP contribution < -0.4 is 5.32 Å². The maximum absolute atomic E-state index is 12.6. The van der Waals surface area contributed by atoms with Crippen LogP contribution in [0.5, 0.6) is 0 Å². The molecule has 0 bridgehead atoms. The third kappa shape index (κ3) is 5.53. The lowest BCUT2D eigenvalue weighted by Gasteiger charge is -2.32. The number of carboxylic acid groups (broad SMARTS) is 1. The van der Waals surface area contributed by atoms with Crippen molar-refractivity contribution in [3.63, 3.8) is 0 Å². The number of carbonyl (C=O) groups excluding carboxylic acids is 2. The van der Waals surface area contributed by atoms with Gasteiger partial charge in [0.1, 0.15) is 6.54 Å². The van der Waals surface area contributed by atoms with Crippen LogP contribution in [0, 0.1) is 0 Å². The average molecular weight is 378 g/mol. The van der Waals surface area contributed by atoms with Crippen molar-refractivity contribution >= 4 is 17.8 Å². The number of rotatable bonds is 6. The Kier molecular flexibility index (Phi) is 6.44. The lowest BCUT2D eigenvalue weighted by Crippen LogP contribution is -2.46. The molecule has 1 atom stereocenters. The van der Waals surface area contributed by atoms with Crippen molar-refractivity contribution in [2.75, 3.05) is 19.7 Å². The number of hydrogen-bond acceptors (Lipinski definition) is 5. The number of aromatic nitrogens is 2. The summed E-state index contributed by atoms with van der Waals surface area (Å²) in [6.45, 7) is 1.02. The van der Waals surface area contributed by atoms with E-state index in [1.807, 2.05) is 0 Å². The second kappa shape index (κ2) is 8.98.